The molecule has 0 atom stereocenters. The van der Waals surface area contributed by atoms with Crippen LogP contribution < -0.4 is 21.1 Å². The molecule has 0 amide bonds. The number of aromatic nitrogens is 2. The molecule has 2 heterocycles. The molecule has 2 aromatic heterocycles. The second-order valence-electron chi connectivity index (χ2n) is 8.28. The zero-order valence-corrected chi connectivity index (χ0v) is 19.0. The summed E-state index contributed by atoms with van der Waals surface area (Å²) in [5.41, 5.74) is 8.47. The molecule has 34 heavy (non-hydrogen) atoms. The van der Waals surface area contributed by atoms with Crippen LogP contribution in [0.5, 0.6) is 5.75 Å². The number of hydrogen-bond acceptors (Lipinski definition) is 6. The molecule has 0 aliphatic heterocycles. The molecule has 0 spiro atoms. The molecule has 4 rings (SSSR count). The highest BCUT2D eigenvalue weighted by molar-refractivity contribution is 6.33. The first-order valence-corrected chi connectivity index (χ1v) is 11.4. The van der Waals surface area contributed by atoms with Crippen molar-refractivity contribution in [2.45, 2.75) is 50.7 Å². The molecule has 10 heteroatoms. The van der Waals surface area contributed by atoms with Crippen molar-refractivity contribution in [1.29, 1.82) is 0 Å². The van der Waals surface area contributed by atoms with Gasteiger partial charge in [-0.2, -0.15) is 0 Å². The summed E-state index contributed by atoms with van der Waals surface area (Å²) in [5.74, 6) is 1.10. The van der Waals surface area contributed by atoms with Gasteiger partial charge in [0.2, 0.25) is 0 Å². The Kier molecular flexibility index (Phi) is 7.43. The summed E-state index contributed by atoms with van der Waals surface area (Å²) in [7, 11) is 0. The molecular weight excluding hydrogens is 467 g/mol. The number of nitrogens with zero attached hydrogens (tertiary/aromatic N) is 2. The van der Waals surface area contributed by atoms with Gasteiger partial charge in [0, 0.05) is 36.6 Å². The van der Waals surface area contributed by atoms with E-state index < -0.39 is 6.36 Å². The van der Waals surface area contributed by atoms with Crippen LogP contribution in [-0.2, 0) is 6.54 Å². The number of anilines is 2. The predicted octanol–water partition coefficient (Wildman–Crippen LogP) is 5.99. The highest BCUT2D eigenvalue weighted by atomic mass is 35.5. The standard InChI is InChI=1S/C24H25ClF3N5O/c25-21-14-32-23(33-18-5-3-17(29)4-6-18)12-20(21)16-9-10-30-22(11-16)31-13-15-1-7-19(8-2-15)34-24(26,27)28/h1-2,7-12,14,17-18H,3-6,13,29H2,(H,30,31)(H,32,33)/t17-,18-. The lowest BCUT2D eigenvalue weighted by atomic mass is 9.92. The summed E-state index contributed by atoms with van der Waals surface area (Å²) in [6.45, 7) is 0.378. The molecule has 1 aromatic carbocycles. The number of hydrogen-bond donors (Lipinski definition) is 3. The molecule has 4 N–H and O–H groups in total. The Labute approximate surface area is 200 Å². The van der Waals surface area contributed by atoms with Gasteiger partial charge in [0.1, 0.15) is 17.4 Å². The lowest BCUT2D eigenvalue weighted by Crippen LogP contribution is -2.33. The van der Waals surface area contributed by atoms with Crippen molar-refractivity contribution in [2.75, 3.05) is 10.6 Å². The molecule has 0 unspecified atom stereocenters. The monoisotopic (exact) mass is 491 g/mol. The fourth-order valence-corrected chi connectivity index (χ4v) is 4.12. The van der Waals surface area contributed by atoms with Gasteiger partial charge >= 0.3 is 6.36 Å². The normalized spacial score (nSPS) is 18.4. The van der Waals surface area contributed by atoms with Gasteiger partial charge in [-0.25, -0.2) is 9.97 Å². The van der Waals surface area contributed by atoms with Gasteiger partial charge in [0.25, 0.3) is 0 Å². The van der Waals surface area contributed by atoms with E-state index in [9.17, 15) is 13.2 Å². The Morgan fingerprint density at radius 2 is 1.74 bits per heavy atom. The summed E-state index contributed by atoms with van der Waals surface area (Å²) in [6.07, 6.45) is 2.60. The number of rotatable bonds is 7. The second kappa shape index (κ2) is 10.5. The number of ether oxygens (including phenoxy) is 1. The maximum Gasteiger partial charge on any atom is 0.573 e. The predicted molar refractivity (Wildman–Crippen MR) is 127 cm³/mol. The highest BCUT2D eigenvalue weighted by Gasteiger charge is 2.30. The summed E-state index contributed by atoms with van der Waals surface area (Å²) in [5, 5.41) is 7.19. The number of halogens is 4. The van der Waals surface area contributed by atoms with E-state index in [1.54, 1.807) is 24.5 Å². The van der Waals surface area contributed by atoms with Crippen molar-refractivity contribution in [3.05, 3.63) is 65.4 Å². The Morgan fingerprint density at radius 1 is 1.00 bits per heavy atom. The number of alkyl halides is 3. The van der Waals surface area contributed by atoms with Gasteiger partial charge in [0.15, 0.2) is 0 Å². The molecule has 0 bridgehead atoms. The van der Waals surface area contributed by atoms with E-state index in [0.29, 0.717) is 23.4 Å². The van der Waals surface area contributed by atoms with Gasteiger partial charge in [0.05, 0.1) is 5.02 Å². The maximum atomic E-state index is 12.3. The molecule has 1 aliphatic carbocycles. The summed E-state index contributed by atoms with van der Waals surface area (Å²) in [4.78, 5) is 8.75. The number of nitrogens with one attached hydrogen (secondary N) is 2. The third kappa shape index (κ3) is 6.74. The molecule has 180 valence electrons. The fraction of sp³-hybridized carbons (Fsp3) is 0.333. The van der Waals surface area contributed by atoms with Crippen LogP contribution in [0.4, 0.5) is 24.8 Å². The quantitative estimate of drug-likeness (QED) is 0.376. The van der Waals surface area contributed by atoms with Crippen molar-refractivity contribution >= 4 is 23.2 Å². The Bertz CT molecular complexity index is 1100. The van der Waals surface area contributed by atoms with Crippen molar-refractivity contribution in [1.82, 2.24) is 9.97 Å². The first-order chi connectivity index (χ1) is 16.2. The van der Waals surface area contributed by atoms with E-state index in [0.717, 1.165) is 48.2 Å². The minimum Gasteiger partial charge on any atom is -0.406 e. The minimum absolute atomic E-state index is 0.260. The van der Waals surface area contributed by atoms with Crippen LogP contribution in [0, 0.1) is 0 Å². The lowest BCUT2D eigenvalue weighted by Gasteiger charge is -2.27. The molecule has 0 saturated heterocycles. The molecular formula is C24H25ClF3N5O. The molecule has 1 aliphatic rings. The number of benzene rings is 1. The summed E-state index contributed by atoms with van der Waals surface area (Å²) >= 11 is 6.44. The third-order valence-corrected chi connectivity index (χ3v) is 5.98. The molecule has 3 aromatic rings. The Hall–Kier alpha value is -3.04. The SMILES string of the molecule is N[C@H]1CC[C@H](Nc2cc(-c3ccnc(NCc4ccc(OC(F)(F)F)cc4)c3)c(Cl)cn2)CC1. The van der Waals surface area contributed by atoms with E-state index in [-0.39, 0.29) is 11.8 Å². The van der Waals surface area contributed by atoms with Crippen LogP contribution in [0.1, 0.15) is 31.2 Å². The molecule has 1 fully saturated rings. The summed E-state index contributed by atoms with van der Waals surface area (Å²) in [6, 6.07) is 11.9. The topological polar surface area (TPSA) is 85.1 Å². The van der Waals surface area contributed by atoms with Crippen molar-refractivity contribution in [3.8, 4) is 16.9 Å². The van der Waals surface area contributed by atoms with Crippen LogP contribution in [0.15, 0.2) is 54.9 Å². The van der Waals surface area contributed by atoms with Crippen LogP contribution in [-0.4, -0.2) is 28.4 Å². The smallest absolute Gasteiger partial charge is 0.406 e. The van der Waals surface area contributed by atoms with Crippen LogP contribution in [0.3, 0.4) is 0 Å². The summed E-state index contributed by atoms with van der Waals surface area (Å²) < 4.78 is 40.8. The fourth-order valence-electron chi connectivity index (χ4n) is 3.91. The van der Waals surface area contributed by atoms with Crippen LogP contribution >= 0.6 is 11.6 Å². The zero-order valence-electron chi connectivity index (χ0n) is 18.3. The Balaban J connectivity index is 1.42. The first kappa shape index (κ1) is 24.1. The first-order valence-electron chi connectivity index (χ1n) is 11.0. The van der Waals surface area contributed by atoms with Crippen LogP contribution in [0.2, 0.25) is 5.02 Å². The maximum absolute atomic E-state index is 12.3. The zero-order chi connectivity index (χ0) is 24.1. The second-order valence-corrected chi connectivity index (χ2v) is 8.69. The largest absolute Gasteiger partial charge is 0.573 e. The van der Waals surface area contributed by atoms with E-state index in [2.05, 4.69) is 25.3 Å². The third-order valence-electron chi connectivity index (χ3n) is 5.68. The molecule has 1 saturated carbocycles. The minimum atomic E-state index is -4.71. The van der Waals surface area contributed by atoms with Gasteiger partial charge in [-0.1, -0.05) is 23.7 Å². The van der Waals surface area contributed by atoms with Crippen LogP contribution in [0.25, 0.3) is 11.1 Å². The highest BCUT2D eigenvalue weighted by Crippen LogP contribution is 2.31. The average molecular weight is 492 g/mol. The van der Waals surface area contributed by atoms with Crippen molar-refractivity contribution in [3.63, 3.8) is 0 Å². The van der Waals surface area contributed by atoms with E-state index in [1.165, 1.54) is 12.1 Å². The van der Waals surface area contributed by atoms with Gasteiger partial charge in [-0.15, -0.1) is 13.2 Å². The van der Waals surface area contributed by atoms with Gasteiger partial charge < -0.3 is 21.1 Å². The van der Waals surface area contributed by atoms with E-state index >= 15 is 0 Å². The lowest BCUT2D eigenvalue weighted by molar-refractivity contribution is -0.274. The van der Waals surface area contributed by atoms with E-state index in [4.69, 9.17) is 17.3 Å². The Morgan fingerprint density at radius 3 is 2.44 bits per heavy atom. The number of pyridine rings is 2. The number of nitrogens with two attached hydrogens (primary N) is 1. The van der Waals surface area contributed by atoms with Gasteiger partial charge in [-0.05, 0) is 67.1 Å². The van der Waals surface area contributed by atoms with E-state index in [1.807, 2.05) is 18.2 Å². The van der Waals surface area contributed by atoms with Crippen molar-refractivity contribution < 1.29 is 17.9 Å². The average Bonchev–Trinajstić information content (AvgIpc) is 2.80. The van der Waals surface area contributed by atoms with Gasteiger partial charge in [-0.3, -0.25) is 0 Å². The molecule has 0 radical (unpaired) electrons. The molecule has 6 nitrogen and oxygen atoms in total. The van der Waals surface area contributed by atoms with Crippen molar-refractivity contribution in [2.24, 2.45) is 5.73 Å².